The van der Waals surface area contributed by atoms with Crippen molar-refractivity contribution in [1.29, 1.82) is 0 Å². The fourth-order valence-corrected chi connectivity index (χ4v) is 21.3. The normalized spacial score (nSPS) is 23.8. The largest absolute Gasteiger partial charge is 0.467 e. The van der Waals surface area contributed by atoms with Gasteiger partial charge in [-0.2, -0.15) is 0 Å². The van der Waals surface area contributed by atoms with Crippen molar-refractivity contribution in [3.05, 3.63) is 188 Å². The van der Waals surface area contributed by atoms with E-state index in [1.165, 1.54) is 19.6 Å². The summed E-state index contributed by atoms with van der Waals surface area (Å²) in [5, 5.41) is 0. The van der Waals surface area contributed by atoms with Crippen LogP contribution < -0.4 is 19.6 Å². The molecule has 12 aliphatic rings. The molecule has 736 valence electrons. The van der Waals surface area contributed by atoms with Crippen molar-refractivity contribution in [2.75, 3.05) is 48.0 Å². The third kappa shape index (κ3) is 17.7. The number of ether oxygens (including phenoxy) is 12. The molecule has 6 aromatic rings. The van der Waals surface area contributed by atoms with Crippen molar-refractivity contribution >= 4 is 95.4 Å². The monoisotopic (exact) mass is 1910 g/mol. The average Bonchev–Trinajstić information content (AvgIpc) is 1.47. The minimum atomic E-state index is -2.09. The van der Waals surface area contributed by atoms with Crippen LogP contribution in [0.5, 0.6) is 0 Å². The second kappa shape index (κ2) is 34.9. The summed E-state index contributed by atoms with van der Waals surface area (Å²) in [7, 11) is 4.58. The summed E-state index contributed by atoms with van der Waals surface area (Å²) in [5.41, 5.74) is -14.3. The summed E-state index contributed by atoms with van der Waals surface area (Å²) < 4.78 is 74.0. The quantitative estimate of drug-likeness (QED) is 0.0898. The molecule has 8 aliphatic heterocycles. The summed E-state index contributed by atoms with van der Waals surface area (Å²) in [6.07, 6.45) is -17.6. The molecule has 4 spiro atoms. The molecule has 0 radical (unpaired) electrons. The smallest absolute Gasteiger partial charge is 0.416 e. The maximum Gasteiger partial charge on any atom is 0.416 e. The maximum atomic E-state index is 16.2. The van der Waals surface area contributed by atoms with Gasteiger partial charge in [0, 0.05) is 44.5 Å². The van der Waals surface area contributed by atoms with Gasteiger partial charge >= 0.3 is 72.6 Å². The Balaban J connectivity index is 1.04. The van der Waals surface area contributed by atoms with Gasteiger partial charge < -0.3 is 56.8 Å². The molecule has 8 heterocycles. The van der Waals surface area contributed by atoms with Crippen LogP contribution in [0.2, 0.25) is 0 Å². The topological polar surface area (TPSA) is 342 Å². The van der Waals surface area contributed by atoms with Gasteiger partial charge in [0.1, 0.15) is 93.6 Å². The standard InChI is InChI=1S/C108H120N8O24/c1-97(2,3)133-89(121)109-73-49-45-65-41-37-61-29-31-63(32-30-61)39-43-67-47-51-75-71(55-67)107(59-79(83(119)131-27)115(95(127)139-103(19,20)21)87(107)111(75)91(123)135-99(7,8)9)108-60-80(84(120)132-28)116(96(128)140-104(22,23)24)88(108)112(92(124)136-100(10,11)12)76-52-48-68(56-72(76)108)44-40-64-35-33-62(34-36-64)38-42-66-46-50-74-70(54-66)106(105(69(73)53-65)57-77(81(117)129-25)113(85(105)109)93(125)137-101(13,14)15)58-78(82(118)130-26)114(94(126)138-102(16,17)18)86(106)110(74)90(122)134-98(4,5)6/h29-36,45-56,77-80,85-88H,57-60H2,1-28H3/t77-,78-,79-,80-,85-,86-,87-,88-,105?,106?,107?,108?/m0/s1. The first-order chi connectivity index (χ1) is 65.1. The zero-order chi connectivity index (χ0) is 103. The average molecular weight is 1910 g/mol. The first-order valence-electron chi connectivity index (χ1n) is 46.4. The van der Waals surface area contributed by atoms with Crippen molar-refractivity contribution in [3.8, 4) is 47.4 Å². The van der Waals surface area contributed by atoms with Crippen molar-refractivity contribution in [3.63, 3.8) is 0 Å². The predicted molar refractivity (Wildman–Crippen MR) is 513 cm³/mol. The molecule has 0 saturated carbocycles. The molecule has 140 heavy (non-hydrogen) atoms. The van der Waals surface area contributed by atoms with E-state index in [2.05, 4.69) is 47.4 Å². The van der Waals surface area contributed by atoms with Crippen LogP contribution >= 0.6 is 0 Å². The van der Waals surface area contributed by atoms with Gasteiger partial charge in [-0.1, -0.05) is 47.4 Å². The predicted octanol–water partition coefficient (Wildman–Crippen LogP) is 17.0. The van der Waals surface area contributed by atoms with Gasteiger partial charge in [0.15, 0.2) is 0 Å². The fourth-order valence-electron chi connectivity index (χ4n) is 21.3. The van der Waals surface area contributed by atoms with Crippen LogP contribution in [-0.2, 0) is 97.7 Å². The van der Waals surface area contributed by atoms with Gasteiger partial charge in [0.05, 0.1) is 72.8 Å². The molecule has 4 fully saturated rings. The van der Waals surface area contributed by atoms with Crippen LogP contribution in [0, 0.1) is 47.4 Å². The number of nitrogens with zero attached hydrogens (tertiary/aromatic N) is 8. The third-order valence-corrected chi connectivity index (χ3v) is 25.6. The molecule has 12 atom stereocenters. The van der Waals surface area contributed by atoms with E-state index in [0.717, 1.165) is 48.0 Å². The lowest BCUT2D eigenvalue weighted by Crippen LogP contribution is -2.66. The Kier molecular flexibility index (Phi) is 24.9. The first-order valence-corrected chi connectivity index (χ1v) is 46.4. The minimum Gasteiger partial charge on any atom is -0.467 e. The molecule has 12 bridgehead atoms. The third-order valence-electron chi connectivity index (χ3n) is 25.6. The molecule has 0 aromatic heterocycles. The number of methoxy groups -OCH3 is 4. The van der Waals surface area contributed by atoms with E-state index in [9.17, 15) is 0 Å². The van der Waals surface area contributed by atoms with Crippen LogP contribution in [0.25, 0.3) is 0 Å². The highest BCUT2D eigenvalue weighted by molar-refractivity contribution is 6.04. The molecule has 18 rings (SSSR count). The van der Waals surface area contributed by atoms with Crippen molar-refractivity contribution < 1.29 is 114 Å². The number of carbonyl (C=O) groups is 12. The SMILES string of the molecule is COC(=O)[C@@H]1CC23c4cc(ccc4N(C(=O)OC(C)(C)C)[C@H]2N1C(=O)OC(C)(C)C)C#Cc1ccc(cc1)C#Cc1ccc2c(c1)C1(C[C@@H](C(=O)OC)N(C(=O)OC(C)(C)C)[C@@H]1N2C(=O)OC(C)(C)C)C12C[C@@H](C(=O)OC)N(C(=O)OC(C)(C)C)[C@@H]1N(C(=O)OC(C)(C)C)c1ccc(cc12)C#Cc1ccc(cc1)C#Cc1ccc2c(c1)C31C[C@@H](C(=O)OC)N(C(=O)OC(C)(C)C)[C@@H]1N2C(=O)OC(C)(C)C. The van der Waals surface area contributed by atoms with Crippen molar-refractivity contribution in [2.45, 2.75) is 307 Å². The number of amides is 8. The Morgan fingerprint density at radius 3 is 0.521 bits per heavy atom. The Morgan fingerprint density at radius 1 is 0.229 bits per heavy atom. The zero-order valence-corrected chi connectivity index (χ0v) is 84.4. The van der Waals surface area contributed by atoms with Gasteiger partial charge in [-0.15, -0.1) is 0 Å². The highest BCUT2D eigenvalue weighted by Gasteiger charge is 2.84. The molecular weight excluding hydrogens is 1790 g/mol. The number of likely N-dealkylation sites (tertiary alicyclic amines) is 4. The number of anilines is 4. The first kappa shape index (κ1) is 100. The van der Waals surface area contributed by atoms with E-state index in [0.29, 0.717) is 22.3 Å². The van der Waals surface area contributed by atoms with E-state index >= 15 is 57.5 Å². The maximum absolute atomic E-state index is 16.2. The van der Waals surface area contributed by atoms with Crippen LogP contribution in [0.4, 0.5) is 61.1 Å². The lowest BCUT2D eigenvalue weighted by atomic mass is 9.54. The highest BCUT2D eigenvalue weighted by atomic mass is 16.6. The molecule has 4 aliphatic carbocycles. The molecule has 32 heteroatoms. The zero-order valence-electron chi connectivity index (χ0n) is 84.4. The summed E-state index contributed by atoms with van der Waals surface area (Å²) in [6.45, 7) is 39.4. The molecule has 4 saturated heterocycles. The lowest BCUT2D eigenvalue weighted by molar-refractivity contribution is -0.146. The Hall–Kier alpha value is -14.4. The number of carbonyl (C=O) groups excluding carboxylic acids is 12. The highest BCUT2D eigenvalue weighted by Crippen LogP contribution is 2.74. The molecule has 4 unspecified atom stereocenters. The van der Waals surface area contributed by atoms with Crippen molar-refractivity contribution in [2.24, 2.45) is 0 Å². The van der Waals surface area contributed by atoms with Gasteiger partial charge in [-0.05, 0) is 335 Å². The van der Waals surface area contributed by atoms with Gasteiger partial charge in [0.25, 0.3) is 0 Å². The van der Waals surface area contributed by atoms with Gasteiger partial charge in [0.2, 0.25) is 0 Å². The number of rotatable bonds is 4. The molecule has 6 aromatic carbocycles. The summed E-state index contributed by atoms with van der Waals surface area (Å²) in [4.78, 5) is 200. The second-order valence-corrected chi connectivity index (χ2v) is 44.4. The van der Waals surface area contributed by atoms with E-state index in [4.69, 9.17) is 56.8 Å². The van der Waals surface area contributed by atoms with Crippen LogP contribution in [-0.4, -0.2) is 214 Å². The molecule has 0 N–H and O–H groups in total. The van der Waals surface area contributed by atoms with E-state index in [1.54, 1.807) is 287 Å². The number of hydrogen-bond acceptors (Lipinski definition) is 24. The van der Waals surface area contributed by atoms with E-state index in [-0.39, 0.29) is 67.3 Å². The second-order valence-electron chi connectivity index (χ2n) is 44.4. The molecular formula is C108H120N8O24. The Morgan fingerprint density at radius 2 is 0.371 bits per heavy atom. The van der Waals surface area contributed by atoms with Crippen LogP contribution in [0.15, 0.2) is 121 Å². The summed E-state index contributed by atoms with van der Waals surface area (Å²) in [6, 6.07) is 27.0. The number of benzene rings is 6. The van der Waals surface area contributed by atoms with Crippen LogP contribution in [0.3, 0.4) is 0 Å². The van der Waals surface area contributed by atoms with Gasteiger partial charge in [-0.3, -0.25) is 39.2 Å². The summed E-state index contributed by atoms with van der Waals surface area (Å²) in [5.74, 6) is 22.8. The molecule has 32 nitrogen and oxygen atoms in total. The lowest BCUT2D eigenvalue weighted by Gasteiger charge is -2.49. The van der Waals surface area contributed by atoms with E-state index in [1.807, 2.05) is 0 Å². The van der Waals surface area contributed by atoms with Crippen LogP contribution in [0.1, 0.15) is 259 Å². The molecule has 8 amide bonds. The number of hydrogen-bond donors (Lipinski definition) is 0. The minimum absolute atomic E-state index is 0.118. The van der Waals surface area contributed by atoms with Gasteiger partial charge in [-0.25, -0.2) is 57.5 Å². The van der Waals surface area contributed by atoms with E-state index < -0.39 is 214 Å². The summed E-state index contributed by atoms with van der Waals surface area (Å²) >= 11 is 0. The fraction of sp³-hybridized carbons (Fsp3) is 0.481. The number of esters is 4. The van der Waals surface area contributed by atoms with Crippen molar-refractivity contribution in [1.82, 2.24) is 19.6 Å². The Bertz CT molecular complexity index is 5690. The Labute approximate surface area is 815 Å².